The Morgan fingerprint density at radius 3 is 2.58 bits per heavy atom. The Morgan fingerprint density at radius 2 is 2.04 bits per heavy atom. The van der Waals surface area contributed by atoms with Gasteiger partial charge >= 0.3 is 5.97 Å². The van der Waals surface area contributed by atoms with Crippen molar-refractivity contribution in [3.8, 4) is 0 Å². The van der Waals surface area contributed by atoms with Crippen LogP contribution >= 0.6 is 0 Å². The highest BCUT2D eigenvalue weighted by molar-refractivity contribution is 5.95. The summed E-state index contributed by atoms with van der Waals surface area (Å²) >= 11 is 0. The number of carboxylic acid groups (broad SMARTS) is 1. The van der Waals surface area contributed by atoms with Gasteiger partial charge in [-0.25, -0.2) is 9.18 Å². The number of carboxylic acids is 1. The second-order valence-electron chi connectivity index (χ2n) is 7.59. The zero-order valence-electron chi connectivity index (χ0n) is 14.8. The quantitative estimate of drug-likeness (QED) is 0.878. The molecule has 4 rings (SSSR count). The molecule has 2 aliphatic rings. The summed E-state index contributed by atoms with van der Waals surface area (Å²) in [4.78, 5) is 26.0. The molecule has 7 heteroatoms. The third kappa shape index (κ3) is 2.49. The zero-order valence-corrected chi connectivity index (χ0v) is 14.8. The fraction of sp³-hybridized carbons (Fsp3) is 0.474. The monoisotopic (exact) mass is 359 g/mol. The van der Waals surface area contributed by atoms with Crippen LogP contribution in [0.5, 0.6) is 0 Å². The van der Waals surface area contributed by atoms with Crippen LogP contribution < -0.4 is 16.1 Å². The van der Waals surface area contributed by atoms with Gasteiger partial charge in [0, 0.05) is 36.8 Å². The maximum absolute atomic E-state index is 15.0. The normalized spacial score (nSPS) is 23.0. The number of pyridine rings is 1. The summed E-state index contributed by atoms with van der Waals surface area (Å²) < 4.78 is 16.8. The molecule has 3 N–H and O–H groups in total. The van der Waals surface area contributed by atoms with E-state index in [0.29, 0.717) is 29.9 Å². The average Bonchev–Trinajstić information content (AvgIpc) is 3.35. The number of nitrogens with zero attached hydrogens (tertiary/aromatic N) is 2. The number of carbonyl (C=O) groups is 1. The van der Waals surface area contributed by atoms with Gasteiger partial charge in [0.15, 0.2) is 0 Å². The predicted molar refractivity (Wildman–Crippen MR) is 97.5 cm³/mol. The maximum atomic E-state index is 15.0. The smallest absolute Gasteiger partial charge is 0.341 e. The van der Waals surface area contributed by atoms with E-state index in [1.54, 1.807) is 6.92 Å². The van der Waals surface area contributed by atoms with E-state index in [0.717, 1.165) is 12.8 Å². The third-order valence-electron chi connectivity index (χ3n) is 5.64. The molecule has 2 fully saturated rings. The molecule has 1 saturated carbocycles. The van der Waals surface area contributed by atoms with Gasteiger partial charge in [0.25, 0.3) is 0 Å². The first-order valence-electron chi connectivity index (χ1n) is 8.91. The van der Waals surface area contributed by atoms with Gasteiger partial charge in [-0.3, -0.25) is 4.79 Å². The first-order valence-corrected chi connectivity index (χ1v) is 8.91. The van der Waals surface area contributed by atoms with Crippen LogP contribution in [0.1, 0.15) is 41.7 Å². The van der Waals surface area contributed by atoms with Crippen LogP contribution in [-0.2, 0) is 0 Å². The number of benzene rings is 1. The van der Waals surface area contributed by atoms with Crippen LogP contribution in [0.15, 0.2) is 17.1 Å². The van der Waals surface area contributed by atoms with Crippen LogP contribution in [0, 0.1) is 18.7 Å². The molecule has 0 unspecified atom stereocenters. The molecular weight excluding hydrogens is 337 g/mol. The van der Waals surface area contributed by atoms with Gasteiger partial charge in [-0.2, -0.15) is 0 Å². The van der Waals surface area contributed by atoms with Crippen molar-refractivity contribution >= 4 is 22.6 Å². The predicted octanol–water partition coefficient (Wildman–Crippen LogP) is 2.27. The number of hydrogen-bond acceptors (Lipinski definition) is 4. The highest BCUT2D eigenvalue weighted by Gasteiger charge is 2.32. The standard InChI is InChI=1S/C19H22FN3O3/c1-9-6-22(8-15(9)21)17-10(2)16-12(5-14(17)20)18(24)13(19(25)26)7-23(16)11-3-4-11/h5,7,9,11,15H,3-4,6,8,21H2,1-2H3,(H,25,26)/t9-,15-/m1/s1. The number of aryl methyl sites for hydroxylation is 1. The number of anilines is 1. The lowest BCUT2D eigenvalue weighted by Gasteiger charge is -2.24. The van der Waals surface area contributed by atoms with E-state index in [1.165, 1.54) is 12.3 Å². The third-order valence-corrected chi connectivity index (χ3v) is 5.64. The number of aromatic nitrogens is 1. The molecule has 0 spiro atoms. The molecule has 0 bridgehead atoms. The first-order chi connectivity index (χ1) is 12.3. The SMILES string of the molecule is Cc1c(N2C[C@@H](C)[C@H](N)C2)c(F)cc2c(=O)c(C(=O)O)cn(C3CC3)c12. The summed E-state index contributed by atoms with van der Waals surface area (Å²) in [6.07, 6.45) is 3.27. The first kappa shape index (κ1) is 17.0. The minimum atomic E-state index is -1.28. The number of aromatic carboxylic acids is 1. The lowest BCUT2D eigenvalue weighted by molar-refractivity contribution is 0.0695. The molecule has 1 saturated heterocycles. The Morgan fingerprint density at radius 1 is 1.35 bits per heavy atom. The number of nitrogens with two attached hydrogens (primary N) is 1. The summed E-state index contributed by atoms with van der Waals surface area (Å²) in [6, 6.07) is 1.33. The van der Waals surface area contributed by atoms with E-state index < -0.39 is 17.2 Å². The summed E-state index contributed by atoms with van der Waals surface area (Å²) in [5.41, 5.74) is 6.92. The maximum Gasteiger partial charge on any atom is 0.341 e. The van der Waals surface area contributed by atoms with Crippen molar-refractivity contribution in [2.75, 3.05) is 18.0 Å². The largest absolute Gasteiger partial charge is 0.477 e. The second kappa shape index (κ2) is 5.81. The summed E-state index contributed by atoms with van der Waals surface area (Å²) in [7, 11) is 0. The molecule has 1 aromatic heterocycles. The van der Waals surface area contributed by atoms with Gasteiger partial charge < -0.3 is 20.3 Å². The molecule has 0 radical (unpaired) electrons. The van der Waals surface area contributed by atoms with Crippen LogP contribution in [0.25, 0.3) is 10.9 Å². The van der Waals surface area contributed by atoms with Crippen molar-refractivity contribution < 1.29 is 14.3 Å². The van der Waals surface area contributed by atoms with Gasteiger partial charge in [-0.15, -0.1) is 0 Å². The van der Waals surface area contributed by atoms with Crippen molar-refractivity contribution in [3.05, 3.63) is 39.4 Å². The van der Waals surface area contributed by atoms with Gasteiger partial charge in [0.05, 0.1) is 11.2 Å². The molecule has 6 nitrogen and oxygen atoms in total. The topological polar surface area (TPSA) is 88.6 Å². The molecule has 0 amide bonds. The highest BCUT2D eigenvalue weighted by Crippen LogP contribution is 2.40. The van der Waals surface area contributed by atoms with Crippen molar-refractivity contribution in [1.29, 1.82) is 0 Å². The van der Waals surface area contributed by atoms with Crippen LogP contribution in [0.3, 0.4) is 0 Å². The fourth-order valence-electron chi connectivity index (χ4n) is 4.03. The van der Waals surface area contributed by atoms with Crippen molar-refractivity contribution in [1.82, 2.24) is 4.57 Å². The minimum absolute atomic E-state index is 0.0236. The van der Waals surface area contributed by atoms with Crippen molar-refractivity contribution in [3.63, 3.8) is 0 Å². The minimum Gasteiger partial charge on any atom is -0.477 e. The van der Waals surface area contributed by atoms with Crippen LogP contribution in [0.4, 0.5) is 10.1 Å². The van der Waals surface area contributed by atoms with E-state index in [9.17, 15) is 19.1 Å². The van der Waals surface area contributed by atoms with Crippen LogP contribution in [-0.4, -0.2) is 34.8 Å². The lowest BCUT2D eigenvalue weighted by Crippen LogP contribution is -2.29. The molecule has 2 heterocycles. The highest BCUT2D eigenvalue weighted by atomic mass is 19.1. The molecule has 1 aliphatic carbocycles. The van der Waals surface area contributed by atoms with Crippen molar-refractivity contribution in [2.45, 2.75) is 38.8 Å². The van der Waals surface area contributed by atoms with Gasteiger partial charge in [-0.05, 0) is 37.3 Å². The molecule has 26 heavy (non-hydrogen) atoms. The van der Waals surface area contributed by atoms with E-state index in [2.05, 4.69) is 0 Å². The summed E-state index contributed by atoms with van der Waals surface area (Å²) in [6.45, 7) is 5.06. The summed E-state index contributed by atoms with van der Waals surface area (Å²) in [5.74, 6) is -1.53. The Balaban J connectivity index is 2.00. The number of halogens is 1. The molecule has 1 aromatic carbocycles. The van der Waals surface area contributed by atoms with E-state index >= 15 is 0 Å². The number of fused-ring (bicyclic) bond motifs is 1. The molecule has 138 valence electrons. The van der Waals surface area contributed by atoms with E-state index in [1.807, 2.05) is 16.4 Å². The second-order valence-corrected chi connectivity index (χ2v) is 7.59. The number of hydrogen-bond donors (Lipinski definition) is 2. The molecule has 2 atom stereocenters. The molecule has 1 aliphatic heterocycles. The Bertz CT molecular complexity index is 970. The Hall–Kier alpha value is -2.41. The van der Waals surface area contributed by atoms with E-state index in [4.69, 9.17) is 5.73 Å². The number of rotatable bonds is 3. The Labute approximate surface area is 150 Å². The molecule has 2 aromatic rings. The lowest BCUT2D eigenvalue weighted by atomic mass is 10.0. The van der Waals surface area contributed by atoms with E-state index in [-0.39, 0.29) is 29.0 Å². The zero-order chi connectivity index (χ0) is 18.7. The average molecular weight is 359 g/mol. The van der Waals surface area contributed by atoms with Gasteiger partial charge in [-0.1, -0.05) is 6.92 Å². The van der Waals surface area contributed by atoms with Gasteiger partial charge in [0.2, 0.25) is 5.43 Å². The fourth-order valence-corrected chi connectivity index (χ4v) is 4.03. The molecular formula is C19H22FN3O3. The summed E-state index contributed by atoms with van der Waals surface area (Å²) in [5, 5.41) is 9.48. The van der Waals surface area contributed by atoms with Gasteiger partial charge in [0.1, 0.15) is 11.4 Å². The van der Waals surface area contributed by atoms with Crippen molar-refractivity contribution in [2.24, 2.45) is 11.7 Å². The van der Waals surface area contributed by atoms with Crippen LogP contribution in [0.2, 0.25) is 0 Å². The Kier molecular flexibility index (Phi) is 3.80.